The number of fused-ring (bicyclic) bond motifs is 2. The largest absolute Gasteiger partial charge is 0.418 e. The molecule has 4 nitrogen and oxygen atoms in total. The highest BCUT2D eigenvalue weighted by Crippen LogP contribution is 2.40. The number of halogens is 12. The van der Waals surface area contributed by atoms with Crippen molar-refractivity contribution >= 4 is 45.0 Å². The van der Waals surface area contributed by atoms with Gasteiger partial charge in [0.1, 0.15) is 34.3 Å². The lowest BCUT2D eigenvalue weighted by atomic mass is 10.0. The van der Waals surface area contributed by atoms with Crippen LogP contribution in [0.4, 0.5) is 43.9 Å². The number of alkyl halides is 6. The first kappa shape index (κ1) is 40.3. The molecule has 0 atom stereocenters. The topological polar surface area (TPSA) is 35.6 Å². The zero-order valence-corrected chi connectivity index (χ0v) is 30.8. The van der Waals surface area contributed by atoms with Crippen LogP contribution in [0.25, 0.3) is 44.3 Å². The Bertz CT molecular complexity index is 2580. The van der Waals surface area contributed by atoms with Crippen LogP contribution in [0.1, 0.15) is 22.3 Å². The minimum Gasteiger partial charge on any atom is -0.259 e. The van der Waals surface area contributed by atoms with Gasteiger partial charge in [-0.25, -0.2) is 17.6 Å². The van der Waals surface area contributed by atoms with Gasteiger partial charge >= 0.3 is 12.4 Å². The maximum atomic E-state index is 13.5. The van der Waals surface area contributed by atoms with Crippen LogP contribution in [-0.2, 0) is 25.4 Å². The van der Waals surface area contributed by atoms with Crippen molar-refractivity contribution in [3.8, 4) is 22.5 Å². The summed E-state index contributed by atoms with van der Waals surface area (Å²) in [5.74, 6) is -1.99. The van der Waals surface area contributed by atoms with Crippen LogP contribution in [0.15, 0.2) is 121 Å². The second kappa shape index (κ2) is 15.8. The molecule has 2 aromatic heterocycles. The smallest absolute Gasteiger partial charge is 0.259 e. The van der Waals surface area contributed by atoms with Gasteiger partial charge in [0, 0.05) is 31.9 Å². The van der Waals surface area contributed by atoms with Crippen molar-refractivity contribution < 1.29 is 43.9 Å². The van der Waals surface area contributed by atoms with Gasteiger partial charge in [-0.2, -0.15) is 36.5 Å². The molecule has 6 aromatic carbocycles. The fourth-order valence-electron chi connectivity index (χ4n) is 6.44. The Morgan fingerprint density at radius 3 is 1.12 bits per heavy atom. The fraction of sp³-hybridized carbons (Fsp3) is 0.0952. The molecule has 8 aromatic rings. The number of nitrogens with zero attached hydrogens (tertiary/aromatic N) is 4. The third kappa shape index (κ3) is 8.39. The zero-order valence-electron chi connectivity index (χ0n) is 29.3. The van der Waals surface area contributed by atoms with E-state index in [1.807, 2.05) is 0 Å². The van der Waals surface area contributed by atoms with Gasteiger partial charge in [0.2, 0.25) is 0 Å². The second-order valence-corrected chi connectivity index (χ2v) is 13.7. The molecule has 16 heteroatoms. The molecule has 0 saturated heterocycles. The molecule has 0 radical (unpaired) electrons. The monoisotopic (exact) mass is 844 g/mol. The first-order valence-electron chi connectivity index (χ1n) is 17.0. The van der Waals surface area contributed by atoms with Crippen molar-refractivity contribution in [3.05, 3.63) is 177 Å². The quantitative estimate of drug-likeness (QED) is 0.156. The lowest BCUT2D eigenvalue weighted by molar-refractivity contribution is -0.137. The Labute approximate surface area is 332 Å². The minimum absolute atomic E-state index is 0.0117. The number of aromatic nitrogens is 4. The standard InChI is InChI=1S/2C21H12ClF5N2/c2*22-18-10-15(24)9-6-13(18)11-29-20(12-4-7-14(23)8-5-12)16-2-1-3-17(19(16)28-29)21(25,26)27/h2*1-10H,11H2. The van der Waals surface area contributed by atoms with E-state index in [0.717, 1.165) is 24.3 Å². The van der Waals surface area contributed by atoms with Crippen molar-refractivity contribution in [2.45, 2.75) is 25.4 Å². The summed E-state index contributed by atoms with van der Waals surface area (Å²) in [6, 6.07) is 25.9. The van der Waals surface area contributed by atoms with Gasteiger partial charge in [-0.3, -0.25) is 9.36 Å². The fourth-order valence-corrected chi connectivity index (χ4v) is 6.89. The molecule has 8 rings (SSSR count). The van der Waals surface area contributed by atoms with Crippen molar-refractivity contribution in [2.24, 2.45) is 0 Å². The molecule has 0 aliphatic rings. The lowest BCUT2D eigenvalue weighted by Crippen LogP contribution is -2.07. The van der Waals surface area contributed by atoms with E-state index in [0.29, 0.717) is 33.6 Å². The van der Waals surface area contributed by atoms with Crippen LogP contribution in [0.5, 0.6) is 0 Å². The van der Waals surface area contributed by atoms with Crippen LogP contribution >= 0.6 is 23.2 Å². The zero-order chi connectivity index (χ0) is 41.5. The minimum atomic E-state index is -4.59. The average molecular weight is 846 g/mol. The van der Waals surface area contributed by atoms with Crippen molar-refractivity contribution in [2.75, 3.05) is 0 Å². The summed E-state index contributed by atoms with van der Waals surface area (Å²) in [4.78, 5) is 0. The Morgan fingerprint density at radius 2 is 0.793 bits per heavy atom. The summed E-state index contributed by atoms with van der Waals surface area (Å²) in [5.41, 5.74) is 0.520. The molecule has 2 heterocycles. The van der Waals surface area contributed by atoms with Crippen molar-refractivity contribution in [1.82, 2.24) is 19.6 Å². The van der Waals surface area contributed by atoms with E-state index < -0.39 is 46.7 Å². The van der Waals surface area contributed by atoms with Crippen LogP contribution < -0.4 is 0 Å². The summed E-state index contributed by atoms with van der Waals surface area (Å²) in [7, 11) is 0. The number of hydrogen-bond acceptors (Lipinski definition) is 2. The van der Waals surface area contributed by atoms with Crippen LogP contribution in [0, 0.1) is 23.3 Å². The van der Waals surface area contributed by atoms with E-state index in [1.165, 1.54) is 106 Å². The normalized spacial score (nSPS) is 11.9. The van der Waals surface area contributed by atoms with Gasteiger partial charge < -0.3 is 0 Å². The molecular weight excluding hydrogens is 821 g/mol. The van der Waals surface area contributed by atoms with E-state index in [1.54, 1.807) is 0 Å². The van der Waals surface area contributed by atoms with Crippen LogP contribution in [0.2, 0.25) is 10.0 Å². The molecule has 0 unspecified atom stereocenters. The molecule has 0 amide bonds. The summed E-state index contributed by atoms with van der Waals surface area (Å²) in [5, 5.41) is 9.17. The highest BCUT2D eigenvalue weighted by molar-refractivity contribution is 6.31. The van der Waals surface area contributed by atoms with E-state index in [9.17, 15) is 43.9 Å². The number of hydrogen-bond donors (Lipinski definition) is 0. The predicted molar refractivity (Wildman–Crippen MR) is 201 cm³/mol. The number of rotatable bonds is 6. The summed E-state index contributed by atoms with van der Waals surface area (Å²) >= 11 is 12.2. The number of benzene rings is 6. The van der Waals surface area contributed by atoms with Gasteiger partial charge in [-0.15, -0.1) is 0 Å². The third-order valence-electron chi connectivity index (χ3n) is 9.06. The van der Waals surface area contributed by atoms with E-state index >= 15 is 0 Å². The third-order valence-corrected chi connectivity index (χ3v) is 9.76. The van der Waals surface area contributed by atoms with Crippen LogP contribution in [0.3, 0.4) is 0 Å². The molecule has 0 bridgehead atoms. The van der Waals surface area contributed by atoms with Crippen molar-refractivity contribution in [1.29, 1.82) is 0 Å². The Balaban J connectivity index is 0.000000177. The Hall–Kier alpha value is -5.86. The van der Waals surface area contributed by atoms with Gasteiger partial charge in [0.25, 0.3) is 0 Å². The summed E-state index contributed by atoms with van der Waals surface area (Å²) in [6.45, 7) is 0.0234. The molecule has 58 heavy (non-hydrogen) atoms. The average Bonchev–Trinajstić information content (AvgIpc) is 3.72. The van der Waals surface area contributed by atoms with Crippen LogP contribution in [-0.4, -0.2) is 19.6 Å². The maximum absolute atomic E-state index is 13.5. The SMILES string of the molecule is Fc1ccc(-c2c3cccc(C(F)(F)F)c3nn2Cc2ccc(F)cc2Cl)cc1.Fc1ccc(-c2c3cccc(C(F)(F)F)c3nn2Cc2ccc(F)cc2Cl)cc1. The Morgan fingerprint density at radius 1 is 0.448 bits per heavy atom. The summed E-state index contributed by atoms with van der Waals surface area (Å²) in [6.07, 6.45) is -9.18. The lowest BCUT2D eigenvalue weighted by Gasteiger charge is -2.10. The van der Waals surface area contributed by atoms with Crippen molar-refractivity contribution in [3.63, 3.8) is 0 Å². The molecule has 0 spiro atoms. The molecular formula is C42H24Cl2F10N4. The molecule has 0 fully saturated rings. The molecule has 0 aliphatic carbocycles. The highest BCUT2D eigenvalue weighted by atomic mass is 35.5. The highest BCUT2D eigenvalue weighted by Gasteiger charge is 2.36. The van der Waals surface area contributed by atoms with Gasteiger partial charge in [-0.1, -0.05) is 59.6 Å². The Kier molecular flexibility index (Phi) is 11.0. The predicted octanol–water partition coefficient (Wildman–Crippen LogP) is 13.4. The van der Waals surface area contributed by atoms with Gasteiger partial charge in [-0.05, 0) is 96.1 Å². The summed E-state index contributed by atoms with van der Waals surface area (Å²) < 4.78 is 137. The molecule has 0 N–H and O–H groups in total. The van der Waals surface area contributed by atoms with E-state index in [2.05, 4.69) is 10.2 Å². The van der Waals surface area contributed by atoms with Gasteiger partial charge in [0.15, 0.2) is 0 Å². The van der Waals surface area contributed by atoms with Gasteiger partial charge in [0.05, 0.1) is 35.6 Å². The first-order chi connectivity index (χ1) is 27.5. The second-order valence-electron chi connectivity index (χ2n) is 12.9. The molecule has 296 valence electrons. The van der Waals surface area contributed by atoms with E-state index in [-0.39, 0.29) is 44.9 Å². The van der Waals surface area contributed by atoms with E-state index in [4.69, 9.17) is 23.2 Å². The molecule has 0 aliphatic heterocycles. The molecule has 0 saturated carbocycles. The maximum Gasteiger partial charge on any atom is 0.418 e. The first-order valence-corrected chi connectivity index (χ1v) is 17.8.